The molecule has 0 fully saturated rings. The summed E-state index contributed by atoms with van der Waals surface area (Å²) in [6.45, 7) is 3.74. The van der Waals surface area contributed by atoms with Crippen LogP contribution in [0.5, 0.6) is 0 Å². The van der Waals surface area contributed by atoms with Gasteiger partial charge in [0.2, 0.25) is 0 Å². The van der Waals surface area contributed by atoms with Gasteiger partial charge in [-0.25, -0.2) is 8.42 Å². The maximum atomic E-state index is 12.4. The normalized spacial score (nSPS) is 12.7. The standard InChI is InChI=1S/C14H19NO5S/c1-4-15(10(2)8-13(16)17)14(18)11-6-5-7-12(9-11)21(3,19)20/h5-7,9-10H,4,8H2,1-3H3,(H,16,17). The Morgan fingerprint density at radius 3 is 2.43 bits per heavy atom. The van der Waals surface area contributed by atoms with E-state index in [-0.39, 0.29) is 22.8 Å². The van der Waals surface area contributed by atoms with Crippen molar-refractivity contribution in [1.29, 1.82) is 0 Å². The lowest BCUT2D eigenvalue weighted by molar-refractivity contribution is -0.138. The maximum Gasteiger partial charge on any atom is 0.305 e. The fourth-order valence-corrected chi connectivity index (χ4v) is 2.71. The van der Waals surface area contributed by atoms with Crippen LogP contribution in [0.25, 0.3) is 0 Å². The minimum atomic E-state index is -3.40. The molecular formula is C14H19NO5S. The van der Waals surface area contributed by atoms with Gasteiger partial charge in [0.1, 0.15) is 0 Å². The molecule has 21 heavy (non-hydrogen) atoms. The van der Waals surface area contributed by atoms with Crippen LogP contribution in [0.15, 0.2) is 29.2 Å². The molecule has 0 saturated heterocycles. The summed E-state index contributed by atoms with van der Waals surface area (Å²) in [5.74, 6) is -1.37. The Morgan fingerprint density at radius 1 is 1.33 bits per heavy atom. The average Bonchev–Trinajstić information content (AvgIpc) is 2.37. The van der Waals surface area contributed by atoms with E-state index in [9.17, 15) is 18.0 Å². The van der Waals surface area contributed by atoms with E-state index in [2.05, 4.69) is 0 Å². The van der Waals surface area contributed by atoms with Gasteiger partial charge in [-0.1, -0.05) is 6.07 Å². The predicted octanol–water partition coefficient (Wildman–Crippen LogP) is 1.42. The van der Waals surface area contributed by atoms with Gasteiger partial charge in [0.25, 0.3) is 5.91 Å². The lowest BCUT2D eigenvalue weighted by Crippen LogP contribution is -2.39. The molecule has 0 aliphatic heterocycles. The Bertz CT molecular complexity index is 639. The van der Waals surface area contributed by atoms with Crippen molar-refractivity contribution in [2.45, 2.75) is 31.2 Å². The maximum absolute atomic E-state index is 12.4. The largest absolute Gasteiger partial charge is 0.481 e. The molecule has 116 valence electrons. The monoisotopic (exact) mass is 313 g/mol. The molecule has 1 aromatic rings. The van der Waals surface area contributed by atoms with Gasteiger partial charge in [0, 0.05) is 24.4 Å². The Labute approximate surface area is 124 Å². The molecule has 7 heteroatoms. The van der Waals surface area contributed by atoms with Crippen molar-refractivity contribution < 1.29 is 23.1 Å². The third-order valence-corrected chi connectivity index (χ3v) is 4.22. The second-order valence-corrected chi connectivity index (χ2v) is 6.85. The number of rotatable bonds is 6. The lowest BCUT2D eigenvalue weighted by atomic mass is 10.1. The van der Waals surface area contributed by atoms with Crippen LogP contribution in [0.3, 0.4) is 0 Å². The van der Waals surface area contributed by atoms with Gasteiger partial charge >= 0.3 is 5.97 Å². The quantitative estimate of drug-likeness (QED) is 0.857. The zero-order valence-corrected chi connectivity index (χ0v) is 13.1. The highest BCUT2D eigenvalue weighted by atomic mass is 32.2. The number of aliphatic carboxylic acids is 1. The predicted molar refractivity (Wildman–Crippen MR) is 78.0 cm³/mol. The Hall–Kier alpha value is -1.89. The topological polar surface area (TPSA) is 91.8 Å². The fraction of sp³-hybridized carbons (Fsp3) is 0.429. The molecule has 0 aromatic heterocycles. The molecule has 6 nitrogen and oxygen atoms in total. The Balaban J connectivity index is 3.08. The zero-order valence-electron chi connectivity index (χ0n) is 12.2. The molecular weight excluding hydrogens is 294 g/mol. The van der Waals surface area contributed by atoms with Crippen LogP contribution >= 0.6 is 0 Å². The number of benzene rings is 1. The van der Waals surface area contributed by atoms with Gasteiger partial charge in [-0.2, -0.15) is 0 Å². The first-order valence-electron chi connectivity index (χ1n) is 6.49. The molecule has 0 aliphatic carbocycles. The summed E-state index contributed by atoms with van der Waals surface area (Å²) in [6.07, 6.45) is 0.909. The SMILES string of the molecule is CCN(C(=O)c1cccc(S(C)(=O)=O)c1)C(C)CC(=O)O. The van der Waals surface area contributed by atoms with Crippen LogP contribution in [0.2, 0.25) is 0 Å². The number of amides is 1. The van der Waals surface area contributed by atoms with Crippen molar-refractivity contribution in [2.24, 2.45) is 0 Å². The first-order chi connectivity index (χ1) is 9.66. The molecule has 1 unspecified atom stereocenters. The first-order valence-corrected chi connectivity index (χ1v) is 8.38. The number of hydrogen-bond acceptors (Lipinski definition) is 4. The van der Waals surface area contributed by atoms with Crippen LogP contribution in [0.4, 0.5) is 0 Å². The van der Waals surface area contributed by atoms with E-state index >= 15 is 0 Å². The van der Waals surface area contributed by atoms with E-state index < -0.39 is 21.8 Å². The summed E-state index contributed by atoms with van der Waals surface area (Å²) in [4.78, 5) is 24.7. The van der Waals surface area contributed by atoms with Gasteiger partial charge in [-0.15, -0.1) is 0 Å². The lowest BCUT2D eigenvalue weighted by Gasteiger charge is -2.27. The zero-order chi connectivity index (χ0) is 16.2. The van der Waals surface area contributed by atoms with E-state index in [1.54, 1.807) is 13.8 Å². The first kappa shape index (κ1) is 17.2. The number of carboxylic acids is 1. The molecule has 1 rings (SSSR count). The molecule has 0 spiro atoms. The van der Waals surface area contributed by atoms with Crippen LogP contribution in [0, 0.1) is 0 Å². The molecule has 1 amide bonds. The Morgan fingerprint density at radius 2 is 1.95 bits per heavy atom. The molecule has 0 bridgehead atoms. The minimum absolute atomic E-state index is 0.0651. The highest BCUT2D eigenvalue weighted by molar-refractivity contribution is 7.90. The fourth-order valence-electron chi connectivity index (χ4n) is 2.04. The van der Waals surface area contributed by atoms with Crippen LogP contribution < -0.4 is 0 Å². The van der Waals surface area contributed by atoms with Crippen LogP contribution in [-0.4, -0.2) is 49.1 Å². The third-order valence-electron chi connectivity index (χ3n) is 3.11. The number of hydrogen-bond donors (Lipinski definition) is 1. The number of sulfone groups is 1. The van der Waals surface area contributed by atoms with Gasteiger partial charge in [0.05, 0.1) is 11.3 Å². The van der Waals surface area contributed by atoms with Gasteiger partial charge in [-0.3, -0.25) is 9.59 Å². The average molecular weight is 313 g/mol. The van der Waals surface area contributed by atoms with Crippen molar-refractivity contribution >= 4 is 21.7 Å². The summed E-state index contributed by atoms with van der Waals surface area (Å²) in [5, 5.41) is 8.81. The number of carboxylic acid groups (broad SMARTS) is 1. The second-order valence-electron chi connectivity index (χ2n) is 4.84. The van der Waals surface area contributed by atoms with Crippen molar-refractivity contribution in [3.63, 3.8) is 0 Å². The van der Waals surface area contributed by atoms with E-state index in [0.29, 0.717) is 6.54 Å². The van der Waals surface area contributed by atoms with Crippen molar-refractivity contribution in [3.8, 4) is 0 Å². The van der Waals surface area contributed by atoms with E-state index in [4.69, 9.17) is 5.11 Å². The van der Waals surface area contributed by atoms with Gasteiger partial charge < -0.3 is 10.0 Å². The second kappa shape index (κ2) is 6.71. The third kappa shape index (κ3) is 4.56. The van der Waals surface area contributed by atoms with Gasteiger partial charge in [-0.05, 0) is 32.0 Å². The number of nitrogens with zero attached hydrogens (tertiary/aromatic N) is 1. The summed E-state index contributed by atoms with van der Waals surface area (Å²) in [7, 11) is -3.40. The van der Waals surface area contributed by atoms with Crippen molar-refractivity contribution in [3.05, 3.63) is 29.8 Å². The molecule has 0 heterocycles. The highest BCUT2D eigenvalue weighted by Gasteiger charge is 2.22. The summed E-state index contributed by atoms with van der Waals surface area (Å²) < 4.78 is 23.0. The minimum Gasteiger partial charge on any atom is -0.481 e. The molecule has 0 saturated carbocycles. The van der Waals surface area contributed by atoms with Gasteiger partial charge in [0.15, 0.2) is 9.84 Å². The summed E-state index contributed by atoms with van der Waals surface area (Å²) in [5.41, 5.74) is 0.233. The number of carbonyl (C=O) groups is 2. The summed E-state index contributed by atoms with van der Waals surface area (Å²) >= 11 is 0. The smallest absolute Gasteiger partial charge is 0.305 e. The number of carbonyl (C=O) groups excluding carboxylic acids is 1. The Kier molecular flexibility index (Phi) is 5.48. The summed E-state index contributed by atoms with van der Waals surface area (Å²) in [6, 6.07) is 5.28. The van der Waals surface area contributed by atoms with E-state index in [1.807, 2.05) is 0 Å². The molecule has 1 atom stereocenters. The molecule has 1 N–H and O–H groups in total. The van der Waals surface area contributed by atoms with Crippen molar-refractivity contribution in [1.82, 2.24) is 4.90 Å². The van der Waals surface area contributed by atoms with Crippen molar-refractivity contribution in [2.75, 3.05) is 12.8 Å². The van der Waals surface area contributed by atoms with E-state index in [0.717, 1.165) is 6.26 Å². The molecule has 1 aromatic carbocycles. The van der Waals surface area contributed by atoms with Crippen LogP contribution in [-0.2, 0) is 14.6 Å². The van der Waals surface area contributed by atoms with E-state index in [1.165, 1.54) is 29.2 Å². The highest BCUT2D eigenvalue weighted by Crippen LogP contribution is 2.15. The van der Waals surface area contributed by atoms with Crippen LogP contribution in [0.1, 0.15) is 30.6 Å². The molecule has 0 radical (unpaired) electrons. The molecule has 0 aliphatic rings.